The molecule has 1 aliphatic rings. The number of hydrogen-bond donors (Lipinski definition) is 2. The maximum Gasteiger partial charge on any atom is 0.418 e. The summed E-state index contributed by atoms with van der Waals surface area (Å²) in [6.07, 6.45) is -3.75. The molecule has 0 fully saturated rings. The van der Waals surface area contributed by atoms with E-state index in [0.717, 1.165) is 22.6 Å². The highest BCUT2D eigenvalue weighted by Crippen LogP contribution is 2.38. The summed E-state index contributed by atoms with van der Waals surface area (Å²) < 4.78 is 39.8. The zero-order valence-corrected chi connectivity index (χ0v) is 17.5. The molecule has 1 heterocycles. The Morgan fingerprint density at radius 3 is 2.39 bits per heavy atom. The second-order valence-corrected chi connectivity index (χ2v) is 7.61. The van der Waals surface area contributed by atoms with Crippen molar-refractivity contribution in [3.05, 3.63) is 75.0 Å². The monoisotopic (exact) mass is 472 g/mol. The number of benzene rings is 2. The largest absolute Gasteiger partial charge is 0.503 e. The molecule has 10 heteroatoms. The number of carbonyl (C=O) groups is 2. The molecule has 0 unspecified atom stereocenters. The lowest BCUT2D eigenvalue weighted by Gasteiger charge is -2.21. The normalized spacial score (nSPS) is 14.4. The number of aliphatic hydroxyl groups excluding tert-OH is 1. The Bertz CT molecular complexity index is 1030. The lowest BCUT2D eigenvalue weighted by Crippen LogP contribution is -2.32. The summed E-state index contributed by atoms with van der Waals surface area (Å²) in [5.41, 5.74) is -1.02. The van der Waals surface area contributed by atoms with Crippen molar-refractivity contribution in [3.63, 3.8) is 0 Å². The summed E-state index contributed by atoms with van der Waals surface area (Å²) in [6, 6.07) is 9.58. The zero-order chi connectivity index (χ0) is 22.8. The summed E-state index contributed by atoms with van der Waals surface area (Å²) >= 11 is 12.2. The van der Waals surface area contributed by atoms with E-state index in [1.165, 1.54) is 12.1 Å². The van der Waals surface area contributed by atoms with Crippen LogP contribution in [0.15, 0.2) is 53.8 Å². The van der Waals surface area contributed by atoms with Crippen molar-refractivity contribution in [2.75, 3.05) is 18.0 Å². The molecule has 1 aliphatic heterocycles. The average Bonchev–Trinajstić information content (AvgIpc) is 3.01. The fraction of sp³-hybridized carbons (Fsp3) is 0.238. The smallest absolute Gasteiger partial charge is 0.418 e. The fourth-order valence-electron chi connectivity index (χ4n) is 3.23. The first-order chi connectivity index (χ1) is 14.6. The minimum atomic E-state index is -4.70. The number of para-hydroxylation sites is 1. The van der Waals surface area contributed by atoms with Crippen molar-refractivity contribution in [2.24, 2.45) is 0 Å². The molecule has 164 valence electrons. The molecule has 2 N–H and O–H groups in total. The number of amides is 2. The quantitative estimate of drug-likeness (QED) is 0.586. The van der Waals surface area contributed by atoms with Crippen molar-refractivity contribution in [1.82, 2.24) is 5.32 Å². The SMILES string of the molecule is O=C(NCCCc1c(Cl)cccc1Cl)C1=C(O)C(=O)N(c2ccccc2C(F)(F)F)C1. The number of rotatable bonds is 6. The predicted molar refractivity (Wildman–Crippen MR) is 111 cm³/mol. The maximum absolute atomic E-state index is 13.3. The van der Waals surface area contributed by atoms with Crippen LogP contribution in [-0.2, 0) is 22.2 Å². The van der Waals surface area contributed by atoms with E-state index >= 15 is 0 Å². The van der Waals surface area contributed by atoms with E-state index in [9.17, 15) is 27.9 Å². The summed E-state index contributed by atoms with van der Waals surface area (Å²) in [5.74, 6) is -2.67. The van der Waals surface area contributed by atoms with E-state index in [2.05, 4.69) is 5.32 Å². The van der Waals surface area contributed by atoms with Crippen LogP contribution in [0.2, 0.25) is 10.0 Å². The highest BCUT2D eigenvalue weighted by atomic mass is 35.5. The summed E-state index contributed by atoms with van der Waals surface area (Å²) in [7, 11) is 0. The van der Waals surface area contributed by atoms with E-state index in [1.807, 2.05) is 0 Å². The van der Waals surface area contributed by atoms with Crippen molar-refractivity contribution >= 4 is 40.7 Å². The fourth-order valence-corrected chi connectivity index (χ4v) is 3.82. The molecule has 0 bridgehead atoms. The Balaban J connectivity index is 1.65. The molecule has 0 saturated heterocycles. The molecule has 0 aromatic heterocycles. The third-order valence-corrected chi connectivity index (χ3v) is 5.48. The molecule has 0 radical (unpaired) electrons. The van der Waals surface area contributed by atoms with Gasteiger partial charge >= 0.3 is 6.18 Å². The van der Waals surface area contributed by atoms with Crippen LogP contribution in [-0.4, -0.2) is 30.0 Å². The lowest BCUT2D eigenvalue weighted by atomic mass is 10.1. The molecular weight excluding hydrogens is 456 g/mol. The van der Waals surface area contributed by atoms with Crippen molar-refractivity contribution < 1.29 is 27.9 Å². The molecular formula is C21H17Cl2F3N2O3. The van der Waals surface area contributed by atoms with E-state index in [4.69, 9.17) is 23.2 Å². The number of aliphatic hydroxyl groups is 1. The number of hydrogen-bond acceptors (Lipinski definition) is 3. The second kappa shape index (κ2) is 9.20. The van der Waals surface area contributed by atoms with Gasteiger partial charge in [0.1, 0.15) is 0 Å². The molecule has 2 amide bonds. The van der Waals surface area contributed by atoms with Crippen molar-refractivity contribution in [3.8, 4) is 0 Å². The highest BCUT2D eigenvalue weighted by molar-refractivity contribution is 6.36. The van der Waals surface area contributed by atoms with Gasteiger partial charge in [-0.05, 0) is 42.7 Å². The topological polar surface area (TPSA) is 69.6 Å². The summed E-state index contributed by atoms with van der Waals surface area (Å²) in [6.45, 7) is -0.287. The third-order valence-electron chi connectivity index (χ3n) is 4.77. The van der Waals surface area contributed by atoms with Gasteiger partial charge in [0.05, 0.1) is 23.4 Å². The van der Waals surface area contributed by atoms with E-state index in [0.29, 0.717) is 22.9 Å². The first-order valence-electron chi connectivity index (χ1n) is 9.22. The lowest BCUT2D eigenvalue weighted by molar-refractivity contribution is -0.137. The first-order valence-corrected chi connectivity index (χ1v) is 9.98. The molecule has 0 saturated carbocycles. The van der Waals surface area contributed by atoms with Crippen LogP contribution in [0, 0.1) is 0 Å². The number of alkyl halides is 3. The molecule has 0 aliphatic carbocycles. The van der Waals surface area contributed by atoms with E-state index in [1.54, 1.807) is 18.2 Å². The van der Waals surface area contributed by atoms with Gasteiger partial charge in [0.15, 0.2) is 5.76 Å². The Hall–Kier alpha value is -2.71. The van der Waals surface area contributed by atoms with E-state index in [-0.39, 0.29) is 12.1 Å². The van der Waals surface area contributed by atoms with Gasteiger partial charge in [0.25, 0.3) is 11.8 Å². The summed E-state index contributed by atoms with van der Waals surface area (Å²) in [5, 5.41) is 13.6. The van der Waals surface area contributed by atoms with Gasteiger partial charge in [-0.15, -0.1) is 0 Å². The van der Waals surface area contributed by atoms with Gasteiger partial charge < -0.3 is 15.3 Å². The van der Waals surface area contributed by atoms with Crippen LogP contribution < -0.4 is 10.2 Å². The van der Waals surface area contributed by atoms with Crippen molar-refractivity contribution in [1.29, 1.82) is 0 Å². The molecule has 2 aromatic rings. The highest BCUT2D eigenvalue weighted by Gasteiger charge is 2.40. The predicted octanol–water partition coefficient (Wildman–Crippen LogP) is 4.92. The third kappa shape index (κ3) is 4.97. The van der Waals surface area contributed by atoms with Gasteiger partial charge in [-0.25, -0.2) is 0 Å². The molecule has 5 nitrogen and oxygen atoms in total. The number of nitrogens with one attached hydrogen (secondary N) is 1. The molecule has 0 spiro atoms. The zero-order valence-electron chi connectivity index (χ0n) is 16.0. The Morgan fingerprint density at radius 2 is 1.74 bits per heavy atom. The van der Waals surface area contributed by atoms with Crippen molar-refractivity contribution in [2.45, 2.75) is 19.0 Å². The maximum atomic E-state index is 13.3. The van der Waals surface area contributed by atoms with Gasteiger partial charge in [0.2, 0.25) is 0 Å². The Kier molecular flexibility index (Phi) is 6.81. The molecule has 2 aromatic carbocycles. The van der Waals surface area contributed by atoms with Crippen LogP contribution in [0.4, 0.5) is 18.9 Å². The Labute approximate surface area is 186 Å². The first kappa shape index (κ1) is 23.0. The van der Waals surface area contributed by atoms with Crippen LogP contribution in [0.3, 0.4) is 0 Å². The number of halogens is 5. The van der Waals surface area contributed by atoms with Crippen LogP contribution in [0.1, 0.15) is 17.5 Å². The molecule has 0 atom stereocenters. The number of nitrogens with zero attached hydrogens (tertiary/aromatic N) is 1. The van der Waals surface area contributed by atoms with Gasteiger partial charge in [0, 0.05) is 16.6 Å². The average molecular weight is 473 g/mol. The number of carbonyl (C=O) groups excluding carboxylic acids is 2. The minimum Gasteiger partial charge on any atom is -0.503 e. The standard InChI is InChI=1S/C21H17Cl2F3N2O3/c22-15-7-3-8-16(23)12(15)5-4-10-27-19(30)13-11-28(20(31)18(13)29)17-9-2-1-6-14(17)21(24,25)26/h1-3,6-9,29H,4-5,10-11H2,(H,27,30). The van der Waals surface area contributed by atoms with Crippen LogP contribution in [0.5, 0.6) is 0 Å². The Morgan fingerprint density at radius 1 is 1.10 bits per heavy atom. The molecule has 31 heavy (non-hydrogen) atoms. The van der Waals surface area contributed by atoms with E-state index < -0.39 is 41.5 Å². The van der Waals surface area contributed by atoms with Crippen LogP contribution in [0.25, 0.3) is 0 Å². The van der Waals surface area contributed by atoms with Crippen LogP contribution >= 0.6 is 23.2 Å². The molecule has 3 rings (SSSR count). The second-order valence-electron chi connectivity index (χ2n) is 6.79. The van der Waals surface area contributed by atoms with Gasteiger partial charge in [-0.1, -0.05) is 41.4 Å². The number of anilines is 1. The van der Waals surface area contributed by atoms with Gasteiger partial charge in [-0.3, -0.25) is 9.59 Å². The minimum absolute atomic E-state index is 0.185. The van der Waals surface area contributed by atoms with Gasteiger partial charge in [-0.2, -0.15) is 13.2 Å². The summed E-state index contributed by atoms with van der Waals surface area (Å²) in [4.78, 5) is 25.5.